The molecular formula is C21H24N2O4S2. The molecule has 0 spiro atoms. The van der Waals surface area contributed by atoms with Crippen LogP contribution in [0.3, 0.4) is 0 Å². The number of benzene rings is 1. The quantitative estimate of drug-likeness (QED) is 0.619. The first-order chi connectivity index (χ1) is 13.9. The number of rotatable bonds is 7. The average molecular weight is 433 g/mol. The molecule has 2 aromatic heterocycles. The number of carbonyl (C=O) groups is 1. The van der Waals surface area contributed by atoms with Gasteiger partial charge >= 0.3 is 0 Å². The number of thiophene rings is 1. The third kappa shape index (κ3) is 4.88. The molecule has 2 atom stereocenters. The maximum Gasteiger partial charge on any atom is 0.234 e. The molecule has 154 valence electrons. The van der Waals surface area contributed by atoms with Crippen molar-refractivity contribution < 1.29 is 17.6 Å². The van der Waals surface area contributed by atoms with E-state index in [9.17, 15) is 13.2 Å². The summed E-state index contributed by atoms with van der Waals surface area (Å²) in [5.74, 6) is 0.868. The molecule has 3 aromatic rings. The Bertz CT molecular complexity index is 1060. The van der Waals surface area contributed by atoms with Crippen LogP contribution >= 0.6 is 11.3 Å². The minimum absolute atomic E-state index is 0.116. The Hall–Kier alpha value is -2.16. The average Bonchev–Trinajstić information content (AvgIpc) is 3.40. The van der Waals surface area contributed by atoms with Crippen molar-refractivity contribution in [2.45, 2.75) is 32.0 Å². The summed E-state index contributed by atoms with van der Waals surface area (Å²) >= 11 is 1.61. The van der Waals surface area contributed by atoms with E-state index in [1.165, 1.54) is 0 Å². The molecule has 1 N–H and O–H groups in total. The van der Waals surface area contributed by atoms with Crippen LogP contribution in [0, 0.1) is 0 Å². The fourth-order valence-corrected chi connectivity index (χ4v) is 6.23. The second-order valence-corrected chi connectivity index (χ2v) is 10.8. The standard InChI is InChI=1S/C21H24N2O4S2/c1-15(20-11-16-5-2-3-7-19(16)27-20)22-21(24)13-23(12-18-6-4-9-28-18)17-8-10-29(25,26)14-17/h2-7,9,11,15,17H,8,10,12-14H2,1H3,(H,22,24). The maximum absolute atomic E-state index is 12.8. The van der Waals surface area contributed by atoms with Gasteiger partial charge in [0.25, 0.3) is 0 Å². The van der Waals surface area contributed by atoms with E-state index < -0.39 is 9.84 Å². The molecule has 0 bridgehead atoms. The predicted octanol–water partition coefficient (Wildman–Crippen LogP) is 3.36. The molecule has 0 saturated carbocycles. The topological polar surface area (TPSA) is 79.6 Å². The minimum atomic E-state index is -3.02. The first-order valence-corrected chi connectivity index (χ1v) is 12.3. The van der Waals surface area contributed by atoms with Crippen LogP contribution in [0.5, 0.6) is 0 Å². The molecule has 1 fully saturated rings. The molecule has 2 unspecified atom stereocenters. The lowest BCUT2D eigenvalue weighted by Crippen LogP contribution is -2.43. The second-order valence-electron chi connectivity index (χ2n) is 7.52. The van der Waals surface area contributed by atoms with Gasteiger partial charge in [0.1, 0.15) is 11.3 Å². The molecule has 1 amide bonds. The van der Waals surface area contributed by atoms with Gasteiger partial charge in [-0.1, -0.05) is 24.3 Å². The molecule has 6 nitrogen and oxygen atoms in total. The Kier molecular flexibility index (Phi) is 5.76. The number of amides is 1. The molecule has 0 aliphatic carbocycles. The van der Waals surface area contributed by atoms with Gasteiger partial charge < -0.3 is 9.73 Å². The summed E-state index contributed by atoms with van der Waals surface area (Å²) < 4.78 is 29.7. The summed E-state index contributed by atoms with van der Waals surface area (Å²) in [5.41, 5.74) is 0.791. The van der Waals surface area contributed by atoms with Crippen LogP contribution in [0.25, 0.3) is 11.0 Å². The third-order valence-corrected chi connectivity index (χ3v) is 7.87. The van der Waals surface area contributed by atoms with E-state index in [0.29, 0.717) is 18.7 Å². The highest BCUT2D eigenvalue weighted by Gasteiger charge is 2.33. The second kappa shape index (κ2) is 8.30. The monoisotopic (exact) mass is 432 g/mol. The van der Waals surface area contributed by atoms with Gasteiger partial charge in [0.15, 0.2) is 9.84 Å². The molecular weight excluding hydrogens is 408 g/mol. The van der Waals surface area contributed by atoms with Crippen LogP contribution in [0.1, 0.15) is 30.0 Å². The van der Waals surface area contributed by atoms with E-state index in [0.717, 1.165) is 15.8 Å². The Morgan fingerprint density at radius 2 is 2.14 bits per heavy atom. The van der Waals surface area contributed by atoms with Crippen LogP contribution in [0.4, 0.5) is 0 Å². The van der Waals surface area contributed by atoms with E-state index in [1.807, 2.05) is 59.7 Å². The first kappa shape index (κ1) is 20.1. The van der Waals surface area contributed by atoms with Crippen LogP contribution in [0.2, 0.25) is 0 Å². The van der Waals surface area contributed by atoms with Gasteiger partial charge in [-0.3, -0.25) is 9.69 Å². The number of sulfone groups is 1. The highest BCUT2D eigenvalue weighted by atomic mass is 32.2. The fourth-order valence-electron chi connectivity index (χ4n) is 3.74. The number of hydrogen-bond acceptors (Lipinski definition) is 6. The van der Waals surface area contributed by atoms with Gasteiger partial charge in [-0.15, -0.1) is 11.3 Å². The van der Waals surface area contributed by atoms with E-state index in [4.69, 9.17) is 4.42 Å². The number of fused-ring (bicyclic) bond motifs is 1. The van der Waals surface area contributed by atoms with Gasteiger partial charge in [0, 0.05) is 22.8 Å². The number of para-hydroxylation sites is 1. The van der Waals surface area contributed by atoms with Gasteiger partial charge in [0.05, 0.1) is 24.1 Å². The van der Waals surface area contributed by atoms with E-state index in [2.05, 4.69) is 5.32 Å². The molecule has 4 rings (SSSR count). The summed E-state index contributed by atoms with van der Waals surface area (Å²) in [6.45, 7) is 2.62. The van der Waals surface area contributed by atoms with Crippen molar-refractivity contribution in [2.75, 3.05) is 18.1 Å². The fraction of sp³-hybridized carbons (Fsp3) is 0.381. The Balaban J connectivity index is 1.44. The molecule has 0 radical (unpaired) electrons. The van der Waals surface area contributed by atoms with Crippen LogP contribution in [-0.4, -0.2) is 43.3 Å². The number of nitrogens with one attached hydrogen (secondary N) is 1. The summed E-state index contributed by atoms with van der Waals surface area (Å²) in [6.07, 6.45) is 0.570. The molecule has 1 aliphatic heterocycles. The van der Waals surface area contributed by atoms with Crippen molar-refractivity contribution >= 4 is 38.1 Å². The first-order valence-electron chi connectivity index (χ1n) is 9.64. The zero-order valence-corrected chi connectivity index (χ0v) is 17.8. The number of hydrogen-bond donors (Lipinski definition) is 1. The largest absolute Gasteiger partial charge is 0.459 e. The lowest BCUT2D eigenvalue weighted by Gasteiger charge is -2.27. The summed E-state index contributed by atoms with van der Waals surface area (Å²) in [7, 11) is -3.02. The molecule has 1 aromatic carbocycles. The Morgan fingerprint density at radius 3 is 2.83 bits per heavy atom. The highest BCUT2D eigenvalue weighted by Crippen LogP contribution is 2.24. The van der Waals surface area contributed by atoms with Crippen LogP contribution in [0.15, 0.2) is 52.3 Å². The van der Waals surface area contributed by atoms with Crippen LogP contribution < -0.4 is 5.32 Å². The van der Waals surface area contributed by atoms with Crippen molar-refractivity contribution in [1.82, 2.24) is 10.2 Å². The lowest BCUT2D eigenvalue weighted by atomic mass is 10.2. The van der Waals surface area contributed by atoms with Gasteiger partial charge in [-0.25, -0.2) is 8.42 Å². The number of nitrogens with zero attached hydrogens (tertiary/aromatic N) is 1. The minimum Gasteiger partial charge on any atom is -0.459 e. The SMILES string of the molecule is CC(NC(=O)CN(Cc1cccs1)C1CCS(=O)(=O)C1)c1cc2ccccc2o1. The van der Waals surface area contributed by atoms with Crippen molar-refractivity contribution in [2.24, 2.45) is 0 Å². The molecule has 1 aliphatic rings. The Labute approximate surface area is 174 Å². The summed E-state index contributed by atoms with van der Waals surface area (Å²) in [4.78, 5) is 15.9. The highest BCUT2D eigenvalue weighted by molar-refractivity contribution is 7.91. The van der Waals surface area contributed by atoms with Gasteiger partial charge in [-0.05, 0) is 36.9 Å². The van der Waals surface area contributed by atoms with E-state index in [-0.39, 0.29) is 36.0 Å². The summed E-state index contributed by atoms with van der Waals surface area (Å²) in [6, 6.07) is 13.2. The van der Waals surface area contributed by atoms with E-state index in [1.54, 1.807) is 11.3 Å². The number of carbonyl (C=O) groups excluding carboxylic acids is 1. The van der Waals surface area contributed by atoms with E-state index >= 15 is 0 Å². The smallest absolute Gasteiger partial charge is 0.234 e. The van der Waals surface area contributed by atoms with Crippen LogP contribution in [-0.2, 0) is 21.2 Å². The Morgan fingerprint density at radius 1 is 1.31 bits per heavy atom. The van der Waals surface area contributed by atoms with Gasteiger partial charge in [-0.2, -0.15) is 0 Å². The number of furan rings is 1. The third-order valence-electron chi connectivity index (χ3n) is 5.26. The molecule has 3 heterocycles. The molecule has 29 heavy (non-hydrogen) atoms. The molecule has 8 heteroatoms. The molecule has 1 saturated heterocycles. The van der Waals surface area contributed by atoms with Crippen molar-refractivity contribution in [3.05, 3.63) is 58.5 Å². The van der Waals surface area contributed by atoms with Crippen molar-refractivity contribution in [1.29, 1.82) is 0 Å². The zero-order chi connectivity index (χ0) is 20.4. The maximum atomic E-state index is 12.8. The van der Waals surface area contributed by atoms with Crippen molar-refractivity contribution in [3.8, 4) is 0 Å². The predicted molar refractivity (Wildman–Crippen MR) is 115 cm³/mol. The normalized spacial score (nSPS) is 19.6. The van der Waals surface area contributed by atoms with Gasteiger partial charge in [0.2, 0.25) is 5.91 Å². The zero-order valence-electron chi connectivity index (χ0n) is 16.2. The van der Waals surface area contributed by atoms with Crippen molar-refractivity contribution in [3.63, 3.8) is 0 Å². The lowest BCUT2D eigenvalue weighted by molar-refractivity contribution is -0.123. The summed E-state index contributed by atoms with van der Waals surface area (Å²) in [5, 5.41) is 5.98.